The van der Waals surface area contributed by atoms with Crippen molar-refractivity contribution in [1.82, 2.24) is 4.68 Å². The highest BCUT2D eigenvalue weighted by atomic mass is 19.1. The van der Waals surface area contributed by atoms with Gasteiger partial charge in [-0.3, -0.25) is 9.47 Å². The maximum Gasteiger partial charge on any atom is 0.341 e. The van der Waals surface area contributed by atoms with Crippen LogP contribution in [0.25, 0.3) is 10.9 Å². The zero-order valence-electron chi connectivity index (χ0n) is 10.6. The molecule has 2 heterocycles. The third kappa shape index (κ3) is 1.49. The highest BCUT2D eigenvalue weighted by molar-refractivity contribution is 5.94. The van der Waals surface area contributed by atoms with Gasteiger partial charge >= 0.3 is 5.97 Å². The van der Waals surface area contributed by atoms with E-state index < -0.39 is 28.5 Å². The number of pyridine rings is 1. The minimum atomic E-state index is -1.37. The summed E-state index contributed by atoms with van der Waals surface area (Å²) in [6.07, 6.45) is 1.58. The molecule has 1 aliphatic rings. The highest BCUT2D eigenvalue weighted by Crippen LogP contribution is 2.31. The molecule has 1 aliphatic heterocycles. The van der Waals surface area contributed by atoms with Gasteiger partial charge in [-0.25, -0.2) is 9.18 Å². The first-order valence-corrected chi connectivity index (χ1v) is 5.96. The second kappa shape index (κ2) is 3.96. The summed E-state index contributed by atoms with van der Waals surface area (Å²) in [5.74, 6) is -2.76. The molecule has 6 nitrogen and oxygen atoms in total. The van der Waals surface area contributed by atoms with E-state index in [1.54, 1.807) is 12.1 Å². The van der Waals surface area contributed by atoms with Gasteiger partial charge < -0.3 is 15.2 Å². The van der Waals surface area contributed by atoms with Gasteiger partial charge in [0.25, 0.3) is 0 Å². The van der Waals surface area contributed by atoms with Crippen molar-refractivity contribution < 1.29 is 19.4 Å². The Kier molecular flexibility index (Phi) is 2.47. The van der Waals surface area contributed by atoms with Crippen LogP contribution in [0.1, 0.15) is 15.9 Å². The molecule has 104 valence electrons. The number of carboxylic acids is 1. The van der Waals surface area contributed by atoms with Gasteiger partial charge in [-0.05, 0) is 12.5 Å². The van der Waals surface area contributed by atoms with Crippen LogP contribution in [0.5, 0.6) is 5.75 Å². The topological polar surface area (TPSA) is 82.8 Å². The number of phenols is 1. The van der Waals surface area contributed by atoms with Gasteiger partial charge in [-0.15, -0.1) is 0 Å². The number of aromatic carboxylic acids is 1. The quantitative estimate of drug-likeness (QED) is 0.801. The molecular formula is C13H11FN2O4. The first-order chi connectivity index (χ1) is 9.41. The van der Waals surface area contributed by atoms with Crippen LogP contribution in [0.3, 0.4) is 0 Å². The van der Waals surface area contributed by atoms with Gasteiger partial charge in [-0.2, -0.15) is 0 Å². The summed E-state index contributed by atoms with van der Waals surface area (Å²) in [6, 6.07) is 0.888. The van der Waals surface area contributed by atoms with Crippen molar-refractivity contribution in [3.8, 4) is 5.75 Å². The Morgan fingerprint density at radius 1 is 1.45 bits per heavy atom. The Morgan fingerprint density at radius 3 is 2.80 bits per heavy atom. The Labute approximate surface area is 112 Å². The van der Waals surface area contributed by atoms with Crippen molar-refractivity contribution in [3.63, 3.8) is 0 Å². The zero-order chi connectivity index (χ0) is 14.6. The maximum absolute atomic E-state index is 13.7. The number of hydrogen-bond donors (Lipinski definition) is 2. The van der Waals surface area contributed by atoms with Crippen molar-refractivity contribution >= 4 is 16.9 Å². The summed E-state index contributed by atoms with van der Waals surface area (Å²) in [5, 5.41) is 20.5. The number of halogens is 1. The second-order valence-corrected chi connectivity index (χ2v) is 4.73. The number of rotatable bonds is 1. The fourth-order valence-corrected chi connectivity index (χ4v) is 2.55. The van der Waals surface area contributed by atoms with Gasteiger partial charge in [-0.1, -0.05) is 0 Å². The van der Waals surface area contributed by atoms with Crippen LogP contribution in [-0.2, 0) is 6.42 Å². The lowest BCUT2D eigenvalue weighted by Crippen LogP contribution is -2.38. The molecule has 0 atom stereocenters. The highest BCUT2D eigenvalue weighted by Gasteiger charge is 2.25. The van der Waals surface area contributed by atoms with Crippen LogP contribution in [-0.4, -0.2) is 34.5 Å². The summed E-state index contributed by atoms with van der Waals surface area (Å²) in [5.41, 5.74) is -0.499. The smallest absolute Gasteiger partial charge is 0.341 e. The van der Waals surface area contributed by atoms with Crippen molar-refractivity contribution in [2.45, 2.75) is 6.42 Å². The number of aromatic hydroxyl groups is 1. The number of nitrogens with zero attached hydrogens (tertiary/aromatic N) is 2. The molecule has 2 N–H and O–H groups in total. The van der Waals surface area contributed by atoms with Crippen LogP contribution in [0.15, 0.2) is 17.1 Å². The van der Waals surface area contributed by atoms with E-state index in [4.69, 9.17) is 5.11 Å². The fraction of sp³-hybridized carbons (Fsp3) is 0.231. The number of carbonyl (C=O) groups is 1. The van der Waals surface area contributed by atoms with E-state index in [1.807, 2.05) is 0 Å². The standard InChI is InChI=1S/C13H11FN2O4/c1-15-3-2-6-10-7(4-9(14)12(6)18)11(17)8(13(19)20)5-16(10)15/h4-5,18H,2-3H2,1H3,(H,19,20). The largest absolute Gasteiger partial charge is 0.505 e. The SMILES string of the molecule is CN1CCc2c(O)c(F)cc3c(=O)c(C(=O)O)cn1c23. The molecule has 3 rings (SSSR count). The summed E-state index contributed by atoms with van der Waals surface area (Å²) >= 11 is 0. The van der Waals surface area contributed by atoms with Crippen molar-refractivity contribution in [3.05, 3.63) is 39.4 Å². The van der Waals surface area contributed by atoms with Crippen molar-refractivity contribution in [2.24, 2.45) is 0 Å². The van der Waals surface area contributed by atoms with Crippen LogP contribution in [0, 0.1) is 5.82 Å². The average molecular weight is 278 g/mol. The molecule has 0 bridgehead atoms. The van der Waals surface area contributed by atoms with Crippen LogP contribution in [0.4, 0.5) is 4.39 Å². The molecule has 7 heteroatoms. The predicted octanol–water partition coefficient (Wildman–Crippen LogP) is 0.668. The van der Waals surface area contributed by atoms with Gasteiger partial charge in [0, 0.05) is 25.4 Å². The van der Waals surface area contributed by atoms with E-state index in [0.29, 0.717) is 24.0 Å². The Hall–Kier alpha value is -2.57. The number of phenolic OH excluding ortho intramolecular Hbond substituents is 1. The lowest BCUT2D eigenvalue weighted by Gasteiger charge is -2.30. The van der Waals surface area contributed by atoms with Crippen LogP contribution in [0.2, 0.25) is 0 Å². The van der Waals surface area contributed by atoms with E-state index in [-0.39, 0.29) is 5.39 Å². The molecule has 0 saturated heterocycles. The van der Waals surface area contributed by atoms with Gasteiger partial charge in [0.15, 0.2) is 11.6 Å². The first-order valence-electron chi connectivity index (χ1n) is 5.96. The Bertz CT molecular complexity index is 812. The zero-order valence-corrected chi connectivity index (χ0v) is 10.6. The molecule has 0 saturated carbocycles. The fourth-order valence-electron chi connectivity index (χ4n) is 2.55. The van der Waals surface area contributed by atoms with E-state index >= 15 is 0 Å². The third-order valence-corrected chi connectivity index (χ3v) is 3.58. The summed E-state index contributed by atoms with van der Waals surface area (Å²) in [4.78, 5) is 23.2. The minimum Gasteiger partial charge on any atom is -0.505 e. The van der Waals surface area contributed by atoms with Gasteiger partial charge in [0.2, 0.25) is 5.43 Å². The van der Waals surface area contributed by atoms with E-state index in [0.717, 1.165) is 6.07 Å². The number of benzene rings is 1. The molecule has 0 fully saturated rings. The predicted molar refractivity (Wildman–Crippen MR) is 69.5 cm³/mol. The van der Waals surface area contributed by atoms with E-state index in [1.165, 1.54) is 10.9 Å². The second-order valence-electron chi connectivity index (χ2n) is 4.73. The Morgan fingerprint density at radius 2 is 2.15 bits per heavy atom. The van der Waals surface area contributed by atoms with Crippen molar-refractivity contribution in [1.29, 1.82) is 0 Å². The minimum absolute atomic E-state index is 0.0400. The summed E-state index contributed by atoms with van der Waals surface area (Å²) in [6.45, 7) is 0.473. The van der Waals surface area contributed by atoms with Gasteiger partial charge in [0.1, 0.15) is 5.56 Å². The monoisotopic (exact) mass is 278 g/mol. The molecular weight excluding hydrogens is 267 g/mol. The molecule has 1 aromatic carbocycles. The lowest BCUT2D eigenvalue weighted by molar-refractivity contribution is 0.0695. The summed E-state index contributed by atoms with van der Waals surface area (Å²) in [7, 11) is 1.72. The molecule has 2 aromatic rings. The molecule has 0 spiro atoms. The molecule has 0 aliphatic carbocycles. The average Bonchev–Trinajstić information content (AvgIpc) is 2.39. The number of carboxylic acid groups (broad SMARTS) is 1. The van der Waals surface area contributed by atoms with E-state index in [2.05, 4.69) is 0 Å². The number of aromatic nitrogens is 1. The number of likely N-dealkylation sites (N-methyl/N-ethyl adjacent to an activating group) is 1. The third-order valence-electron chi connectivity index (χ3n) is 3.58. The molecule has 0 unspecified atom stereocenters. The number of hydrogen-bond acceptors (Lipinski definition) is 4. The normalized spacial score (nSPS) is 13.8. The first kappa shape index (κ1) is 12.5. The molecule has 20 heavy (non-hydrogen) atoms. The van der Waals surface area contributed by atoms with E-state index in [9.17, 15) is 19.1 Å². The maximum atomic E-state index is 13.7. The summed E-state index contributed by atoms with van der Waals surface area (Å²) < 4.78 is 15.2. The van der Waals surface area contributed by atoms with Crippen molar-refractivity contribution in [2.75, 3.05) is 18.6 Å². The van der Waals surface area contributed by atoms with Gasteiger partial charge in [0.05, 0.1) is 10.9 Å². The van der Waals surface area contributed by atoms with Crippen LogP contribution >= 0.6 is 0 Å². The Balaban J connectivity index is 2.57. The molecule has 0 amide bonds. The molecule has 0 radical (unpaired) electrons. The van der Waals surface area contributed by atoms with Crippen LogP contribution < -0.4 is 10.4 Å². The molecule has 1 aromatic heterocycles. The lowest BCUT2D eigenvalue weighted by atomic mass is 10.0.